The summed E-state index contributed by atoms with van der Waals surface area (Å²) in [4.78, 5) is 0. The monoisotopic (exact) mass is 466 g/mol. The Balaban J connectivity index is 1.51. The molecule has 1 aliphatic heterocycles. The van der Waals surface area contributed by atoms with Gasteiger partial charge < -0.3 is 9.47 Å². The van der Waals surface area contributed by atoms with Gasteiger partial charge in [-0.2, -0.15) is 4.39 Å². The normalized spacial score (nSPS) is 18.4. The Morgan fingerprint density at radius 3 is 2.24 bits per heavy atom. The molecule has 34 heavy (non-hydrogen) atoms. The Bertz CT molecular complexity index is 1150. The average Bonchev–Trinajstić information content (AvgIpc) is 2.86. The predicted octanol–water partition coefficient (Wildman–Crippen LogP) is 8.07. The number of hydrogen-bond donors (Lipinski definition) is 0. The van der Waals surface area contributed by atoms with Gasteiger partial charge in [-0.05, 0) is 61.1 Å². The first kappa shape index (κ1) is 24.1. The largest absolute Gasteiger partial charge is 0.490 e. The maximum atomic E-state index is 15.0. The molecule has 0 aliphatic carbocycles. The molecule has 0 saturated carbocycles. The van der Waals surface area contributed by atoms with E-state index in [2.05, 4.69) is 6.08 Å². The summed E-state index contributed by atoms with van der Waals surface area (Å²) in [5, 5.41) is 0. The van der Waals surface area contributed by atoms with E-state index < -0.39 is 11.6 Å². The molecule has 1 aliphatic rings. The summed E-state index contributed by atoms with van der Waals surface area (Å²) >= 11 is 0. The Kier molecular flexibility index (Phi) is 7.73. The first-order valence-corrected chi connectivity index (χ1v) is 11.8. The molecule has 1 heterocycles. The van der Waals surface area contributed by atoms with Gasteiger partial charge in [-0.1, -0.05) is 55.5 Å². The van der Waals surface area contributed by atoms with E-state index in [1.165, 1.54) is 12.1 Å². The van der Waals surface area contributed by atoms with Gasteiger partial charge in [0.25, 0.3) is 0 Å². The highest BCUT2D eigenvalue weighted by Gasteiger charge is 2.22. The number of hydrogen-bond acceptors (Lipinski definition) is 2. The highest BCUT2D eigenvalue weighted by atomic mass is 19.2. The molecule has 1 saturated heterocycles. The lowest BCUT2D eigenvalue weighted by molar-refractivity contribution is 0.0326. The van der Waals surface area contributed by atoms with Crippen LogP contribution in [0.1, 0.15) is 44.6 Å². The third-order valence-corrected chi connectivity index (χ3v) is 6.20. The fourth-order valence-electron chi connectivity index (χ4n) is 4.33. The van der Waals surface area contributed by atoms with Crippen molar-refractivity contribution >= 4 is 0 Å². The van der Waals surface area contributed by atoms with Crippen LogP contribution in [0.5, 0.6) is 5.75 Å². The quantitative estimate of drug-likeness (QED) is 0.328. The van der Waals surface area contributed by atoms with Crippen LogP contribution in [-0.4, -0.2) is 19.3 Å². The van der Waals surface area contributed by atoms with Gasteiger partial charge in [0.05, 0.1) is 19.3 Å². The Hall–Kier alpha value is -3.05. The molecule has 4 rings (SSSR count). The first-order chi connectivity index (χ1) is 16.5. The lowest BCUT2D eigenvalue weighted by atomic mass is 9.89. The summed E-state index contributed by atoms with van der Waals surface area (Å²) in [5.74, 6) is -2.18. The highest BCUT2D eigenvalue weighted by Crippen LogP contribution is 2.34. The lowest BCUT2D eigenvalue weighted by Gasteiger charge is -2.28. The second-order valence-electron chi connectivity index (χ2n) is 8.58. The minimum Gasteiger partial charge on any atom is -0.490 e. The molecule has 2 unspecified atom stereocenters. The molecule has 3 aromatic carbocycles. The molecule has 0 aromatic heterocycles. The fraction of sp³-hybridized carbons (Fsp3) is 0.310. The van der Waals surface area contributed by atoms with Crippen molar-refractivity contribution in [1.82, 2.24) is 0 Å². The summed E-state index contributed by atoms with van der Waals surface area (Å²) in [6.07, 6.45) is 6.76. The maximum absolute atomic E-state index is 15.0. The molecule has 0 spiro atoms. The predicted molar refractivity (Wildman–Crippen MR) is 130 cm³/mol. The Labute approximate surface area is 199 Å². The average molecular weight is 467 g/mol. The Morgan fingerprint density at radius 1 is 0.912 bits per heavy atom. The number of rotatable bonds is 7. The molecule has 2 nitrogen and oxygen atoms in total. The number of halogens is 3. The standard InChI is InChI=1S/C29H29F3O2/c1-3-5-23-12-10-22(18-34-23)21-11-13-24(26(30)17-21)19-6-8-20(9-7-19)25-14-15-27(33-16-4-2)29(32)28(25)31/h3,5-9,11,13-15,17,22-23H,4,10,12,16,18H2,1-2H3. The molecule has 0 amide bonds. The minimum absolute atomic E-state index is 0.0948. The van der Waals surface area contributed by atoms with E-state index in [1.807, 2.05) is 26.0 Å². The summed E-state index contributed by atoms with van der Waals surface area (Å²) in [7, 11) is 0. The molecule has 0 N–H and O–H groups in total. The van der Waals surface area contributed by atoms with Gasteiger partial charge in [0.2, 0.25) is 5.82 Å². The molecular formula is C29H29F3O2. The van der Waals surface area contributed by atoms with Crippen LogP contribution in [0, 0.1) is 17.5 Å². The van der Waals surface area contributed by atoms with Crippen molar-refractivity contribution in [2.45, 2.75) is 45.1 Å². The van der Waals surface area contributed by atoms with Gasteiger partial charge in [-0.15, -0.1) is 0 Å². The smallest absolute Gasteiger partial charge is 0.201 e. The van der Waals surface area contributed by atoms with E-state index >= 15 is 0 Å². The van der Waals surface area contributed by atoms with Crippen molar-refractivity contribution in [3.8, 4) is 28.0 Å². The van der Waals surface area contributed by atoms with Crippen LogP contribution in [0.4, 0.5) is 13.2 Å². The zero-order valence-electron chi connectivity index (χ0n) is 19.5. The SMILES string of the molecule is CC=CC1CCC(c2ccc(-c3ccc(-c4ccc(OCCC)c(F)c4F)cc3)c(F)c2)CO1. The van der Waals surface area contributed by atoms with Crippen molar-refractivity contribution < 1.29 is 22.6 Å². The summed E-state index contributed by atoms with van der Waals surface area (Å²) in [6, 6.07) is 15.0. The zero-order valence-corrected chi connectivity index (χ0v) is 19.5. The second kappa shape index (κ2) is 10.9. The van der Waals surface area contributed by atoms with Crippen molar-refractivity contribution in [2.75, 3.05) is 13.2 Å². The van der Waals surface area contributed by atoms with Crippen LogP contribution in [0.3, 0.4) is 0 Å². The molecule has 0 bridgehead atoms. The van der Waals surface area contributed by atoms with E-state index in [4.69, 9.17) is 9.47 Å². The molecule has 1 fully saturated rings. The van der Waals surface area contributed by atoms with Gasteiger partial charge in [-0.25, -0.2) is 8.78 Å². The van der Waals surface area contributed by atoms with Crippen LogP contribution in [0.15, 0.2) is 66.7 Å². The van der Waals surface area contributed by atoms with E-state index in [0.717, 1.165) is 18.4 Å². The zero-order chi connectivity index (χ0) is 24.1. The Morgan fingerprint density at radius 2 is 1.62 bits per heavy atom. The van der Waals surface area contributed by atoms with Crippen LogP contribution < -0.4 is 4.74 Å². The van der Waals surface area contributed by atoms with Gasteiger partial charge in [0, 0.05) is 17.0 Å². The van der Waals surface area contributed by atoms with Gasteiger partial charge in [0.1, 0.15) is 5.82 Å². The van der Waals surface area contributed by atoms with Crippen molar-refractivity contribution in [3.63, 3.8) is 0 Å². The molecule has 3 aromatic rings. The van der Waals surface area contributed by atoms with Crippen molar-refractivity contribution in [1.29, 1.82) is 0 Å². The third-order valence-electron chi connectivity index (χ3n) is 6.20. The van der Waals surface area contributed by atoms with Crippen LogP contribution >= 0.6 is 0 Å². The third kappa shape index (κ3) is 5.20. The van der Waals surface area contributed by atoms with Gasteiger partial charge in [-0.3, -0.25) is 0 Å². The minimum atomic E-state index is -1.000. The second-order valence-corrected chi connectivity index (χ2v) is 8.58. The maximum Gasteiger partial charge on any atom is 0.201 e. The van der Waals surface area contributed by atoms with Gasteiger partial charge in [0.15, 0.2) is 11.6 Å². The van der Waals surface area contributed by atoms with E-state index in [-0.39, 0.29) is 29.2 Å². The number of ether oxygens (including phenoxy) is 2. The van der Waals surface area contributed by atoms with Crippen molar-refractivity contribution in [2.24, 2.45) is 0 Å². The van der Waals surface area contributed by atoms with Crippen LogP contribution in [-0.2, 0) is 4.74 Å². The molecule has 2 atom stereocenters. The molecule has 0 radical (unpaired) electrons. The summed E-state index contributed by atoms with van der Waals surface area (Å²) in [5.41, 5.74) is 2.71. The molecular weight excluding hydrogens is 437 g/mol. The van der Waals surface area contributed by atoms with Crippen molar-refractivity contribution in [3.05, 3.63) is 89.8 Å². The summed E-state index contributed by atoms with van der Waals surface area (Å²) < 4.78 is 55.1. The van der Waals surface area contributed by atoms with E-state index in [0.29, 0.717) is 36.3 Å². The molecule has 178 valence electrons. The number of allylic oxidation sites excluding steroid dienone is 1. The summed E-state index contributed by atoms with van der Waals surface area (Å²) in [6.45, 7) is 4.77. The number of benzene rings is 3. The van der Waals surface area contributed by atoms with E-state index in [9.17, 15) is 13.2 Å². The first-order valence-electron chi connectivity index (χ1n) is 11.8. The topological polar surface area (TPSA) is 18.5 Å². The van der Waals surface area contributed by atoms with Crippen LogP contribution in [0.25, 0.3) is 22.3 Å². The molecule has 5 heteroatoms. The fourth-order valence-corrected chi connectivity index (χ4v) is 4.33. The van der Waals surface area contributed by atoms with Gasteiger partial charge >= 0.3 is 0 Å². The highest BCUT2D eigenvalue weighted by molar-refractivity contribution is 5.71. The van der Waals surface area contributed by atoms with Crippen LogP contribution in [0.2, 0.25) is 0 Å². The van der Waals surface area contributed by atoms with E-state index in [1.54, 1.807) is 36.4 Å². The lowest BCUT2D eigenvalue weighted by Crippen LogP contribution is -2.23.